The molecule has 0 aliphatic rings. The molecule has 19 heavy (non-hydrogen) atoms. The molecule has 0 saturated heterocycles. The lowest BCUT2D eigenvalue weighted by Crippen LogP contribution is -2.16. The van der Waals surface area contributed by atoms with Crippen molar-refractivity contribution in [1.29, 1.82) is 0 Å². The standard InChI is InChI=1S/C16H18BrNO/c1-19-15-8-6-13(7-9-15)10-11-18-12-14-4-2-3-5-16(14)17/h2-9,18H,10-12H2,1H3. The zero-order chi connectivity index (χ0) is 13.5. The molecule has 2 aromatic rings. The molecule has 0 amide bonds. The van der Waals surface area contributed by atoms with Gasteiger partial charge in [-0.1, -0.05) is 46.3 Å². The first kappa shape index (κ1) is 14.1. The monoisotopic (exact) mass is 319 g/mol. The molecular weight excluding hydrogens is 302 g/mol. The van der Waals surface area contributed by atoms with Crippen LogP contribution in [0.5, 0.6) is 5.75 Å². The molecule has 0 unspecified atom stereocenters. The molecule has 0 radical (unpaired) electrons. The molecule has 0 fully saturated rings. The van der Waals surface area contributed by atoms with E-state index >= 15 is 0 Å². The molecule has 0 bridgehead atoms. The summed E-state index contributed by atoms with van der Waals surface area (Å²) in [5.74, 6) is 0.907. The predicted molar refractivity (Wildman–Crippen MR) is 82.5 cm³/mol. The van der Waals surface area contributed by atoms with E-state index in [0.29, 0.717) is 0 Å². The minimum Gasteiger partial charge on any atom is -0.497 e. The Morgan fingerprint density at radius 3 is 2.47 bits per heavy atom. The highest BCUT2D eigenvalue weighted by Crippen LogP contribution is 2.15. The van der Waals surface area contributed by atoms with Gasteiger partial charge in [0.1, 0.15) is 5.75 Å². The summed E-state index contributed by atoms with van der Waals surface area (Å²) in [6.07, 6.45) is 1.02. The quantitative estimate of drug-likeness (QED) is 0.818. The number of ether oxygens (including phenoxy) is 1. The van der Waals surface area contributed by atoms with E-state index in [4.69, 9.17) is 4.74 Å². The average molecular weight is 320 g/mol. The number of hydrogen-bond acceptors (Lipinski definition) is 2. The van der Waals surface area contributed by atoms with Gasteiger partial charge in [-0.25, -0.2) is 0 Å². The van der Waals surface area contributed by atoms with Crippen molar-refractivity contribution in [3.05, 3.63) is 64.1 Å². The van der Waals surface area contributed by atoms with Crippen molar-refractivity contribution in [2.75, 3.05) is 13.7 Å². The van der Waals surface area contributed by atoms with Crippen LogP contribution in [0.1, 0.15) is 11.1 Å². The van der Waals surface area contributed by atoms with Gasteiger partial charge >= 0.3 is 0 Å². The maximum Gasteiger partial charge on any atom is 0.118 e. The molecule has 2 aromatic carbocycles. The van der Waals surface area contributed by atoms with Crippen molar-refractivity contribution in [1.82, 2.24) is 5.32 Å². The van der Waals surface area contributed by atoms with Gasteiger partial charge in [0.15, 0.2) is 0 Å². The number of rotatable bonds is 6. The van der Waals surface area contributed by atoms with Gasteiger partial charge in [0.25, 0.3) is 0 Å². The van der Waals surface area contributed by atoms with E-state index in [0.717, 1.165) is 29.7 Å². The molecule has 2 rings (SSSR count). The summed E-state index contributed by atoms with van der Waals surface area (Å²) in [5.41, 5.74) is 2.61. The second kappa shape index (κ2) is 7.31. The van der Waals surface area contributed by atoms with Crippen LogP contribution in [0.25, 0.3) is 0 Å². The number of benzene rings is 2. The molecule has 1 N–H and O–H groups in total. The summed E-state index contributed by atoms with van der Waals surface area (Å²) >= 11 is 3.56. The Bertz CT molecular complexity index is 510. The van der Waals surface area contributed by atoms with Gasteiger partial charge in [0, 0.05) is 11.0 Å². The second-order valence-corrected chi connectivity index (χ2v) is 5.22. The Labute approximate surface area is 122 Å². The van der Waals surface area contributed by atoms with Gasteiger partial charge in [-0.15, -0.1) is 0 Å². The Kier molecular flexibility index (Phi) is 5.43. The van der Waals surface area contributed by atoms with Crippen LogP contribution in [0, 0.1) is 0 Å². The van der Waals surface area contributed by atoms with E-state index in [1.165, 1.54) is 11.1 Å². The largest absolute Gasteiger partial charge is 0.497 e. The normalized spacial score (nSPS) is 10.4. The van der Waals surface area contributed by atoms with Crippen LogP contribution in [-0.2, 0) is 13.0 Å². The molecular formula is C16H18BrNO. The number of nitrogens with one attached hydrogen (secondary N) is 1. The summed E-state index contributed by atoms with van der Waals surface area (Å²) in [7, 11) is 1.69. The highest BCUT2D eigenvalue weighted by Gasteiger charge is 1.98. The molecule has 100 valence electrons. The third kappa shape index (κ3) is 4.37. The highest BCUT2D eigenvalue weighted by molar-refractivity contribution is 9.10. The summed E-state index contributed by atoms with van der Waals surface area (Å²) in [4.78, 5) is 0. The van der Waals surface area contributed by atoms with Gasteiger partial charge in [0.2, 0.25) is 0 Å². The van der Waals surface area contributed by atoms with E-state index in [1.54, 1.807) is 7.11 Å². The molecule has 0 aromatic heterocycles. The van der Waals surface area contributed by atoms with Gasteiger partial charge < -0.3 is 10.1 Å². The summed E-state index contributed by atoms with van der Waals surface area (Å²) < 4.78 is 6.30. The lowest BCUT2D eigenvalue weighted by molar-refractivity contribution is 0.414. The Hall–Kier alpha value is -1.32. The van der Waals surface area contributed by atoms with Gasteiger partial charge in [-0.05, 0) is 42.3 Å². The zero-order valence-corrected chi connectivity index (χ0v) is 12.6. The molecule has 0 spiro atoms. The van der Waals surface area contributed by atoms with Crippen LogP contribution in [0.15, 0.2) is 53.0 Å². The van der Waals surface area contributed by atoms with E-state index < -0.39 is 0 Å². The Morgan fingerprint density at radius 1 is 1.05 bits per heavy atom. The van der Waals surface area contributed by atoms with Crippen molar-refractivity contribution < 1.29 is 4.74 Å². The third-order valence-corrected chi connectivity index (χ3v) is 3.80. The topological polar surface area (TPSA) is 21.3 Å². The van der Waals surface area contributed by atoms with Gasteiger partial charge in [-0.3, -0.25) is 0 Å². The van der Waals surface area contributed by atoms with E-state index in [-0.39, 0.29) is 0 Å². The fourth-order valence-corrected chi connectivity index (χ4v) is 2.31. The number of hydrogen-bond donors (Lipinski definition) is 1. The fraction of sp³-hybridized carbons (Fsp3) is 0.250. The third-order valence-electron chi connectivity index (χ3n) is 3.02. The molecule has 0 aliphatic carbocycles. The van der Waals surface area contributed by atoms with Crippen molar-refractivity contribution in [2.45, 2.75) is 13.0 Å². The smallest absolute Gasteiger partial charge is 0.118 e. The van der Waals surface area contributed by atoms with E-state index in [2.05, 4.69) is 51.6 Å². The van der Waals surface area contributed by atoms with Crippen molar-refractivity contribution in [2.24, 2.45) is 0 Å². The van der Waals surface area contributed by atoms with Crippen LogP contribution < -0.4 is 10.1 Å². The lowest BCUT2D eigenvalue weighted by atomic mass is 10.1. The molecule has 0 atom stereocenters. The minimum atomic E-state index is 0.886. The molecule has 0 saturated carbocycles. The SMILES string of the molecule is COc1ccc(CCNCc2ccccc2Br)cc1. The average Bonchev–Trinajstić information content (AvgIpc) is 2.46. The van der Waals surface area contributed by atoms with Crippen LogP contribution in [0.4, 0.5) is 0 Å². The van der Waals surface area contributed by atoms with Gasteiger partial charge in [0.05, 0.1) is 7.11 Å². The van der Waals surface area contributed by atoms with Gasteiger partial charge in [-0.2, -0.15) is 0 Å². The van der Waals surface area contributed by atoms with Crippen molar-refractivity contribution >= 4 is 15.9 Å². The fourth-order valence-electron chi connectivity index (χ4n) is 1.89. The Morgan fingerprint density at radius 2 is 1.79 bits per heavy atom. The van der Waals surface area contributed by atoms with Crippen LogP contribution in [0.2, 0.25) is 0 Å². The Balaban J connectivity index is 1.76. The maximum absolute atomic E-state index is 5.14. The molecule has 3 heteroatoms. The predicted octanol–water partition coefficient (Wildman–Crippen LogP) is 3.79. The highest BCUT2D eigenvalue weighted by atomic mass is 79.9. The van der Waals surface area contributed by atoms with E-state index in [1.807, 2.05) is 18.2 Å². The summed E-state index contributed by atoms with van der Waals surface area (Å²) in [5, 5.41) is 3.46. The molecule has 0 heterocycles. The number of halogens is 1. The maximum atomic E-state index is 5.14. The minimum absolute atomic E-state index is 0.886. The second-order valence-electron chi connectivity index (χ2n) is 4.37. The first-order valence-electron chi connectivity index (χ1n) is 6.36. The zero-order valence-electron chi connectivity index (χ0n) is 11.0. The summed E-state index contributed by atoms with van der Waals surface area (Å²) in [6.45, 7) is 1.85. The summed E-state index contributed by atoms with van der Waals surface area (Å²) in [6, 6.07) is 16.5. The van der Waals surface area contributed by atoms with E-state index in [9.17, 15) is 0 Å². The van der Waals surface area contributed by atoms with Crippen LogP contribution in [0.3, 0.4) is 0 Å². The lowest BCUT2D eigenvalue weighted by Gasteiger charge is -2.07. The van der Waals surface area contributed by atoms with Crippen molar-refractivity contribution in [3.63, 3.8) is 0 Å². The first-order chi connectivity index (χ1) is 9.29. The number of methoxy groups -OCH3 is 1. The first-order valence-corrected chi connectivity index (χ1v) is 7.16. The van der Waals surface area contributed by atoms with Crippen LogP contribution in [-0.4, -0.2) is 13.7 Å². The van der Waals surface area contributed by atoms with Crippen molar-refractivity contribution in [3.8, 4) is 5.75 Å². The molecule has 0 aliphatic heterocycles. The molecule has 2 nitrogen and oxygen atoms in total. The van der Waals surface area contributed by atoms with Crippen LogP contribution >= 0.6 is 15.9 Å².